The van der Waals surface area contributed by atoms with Crippen LogP contribution >= 0.6 is 0 Å². The molecule has 0 saturated carbocycles. The van der Waals surface area contributed by atoms with Gasteiger partial charge in [0.2, 0.25) is 0 Å². The van der Waals surface area contributed by atoms with E-state index < -0.39 is 0 Å². The summed E-state index contributed by atoms with van der Waals surface area (Å²) in [6.07, 6.45) is 4.41. The first-order valence-corrected chi connectivity index (χ1v) is 8.46. The number of nitrogens with zero attached hydrogens (tertiary/aromatic N) is 3. The minimum absolute atomic E-state index is 0.741. The van der Waals surface area contributed by atoms with Crippen molar-refractivity contribution in [3.63, 3.8) is 0 Å². The minimum atomic E-state index is 0.741. The van der Waals surface area contributed by atoms with Crippen LogP contribution in [0.5, 0.6) is 5.75 Å². The van der Waals surface area contributed by atoms with Gasteiger partial charge < -0.3 is 15.0 Å². The number of hydrogen-bond acceptors (Lipinski definition) is 5. The van der Waals surface area contributed by atoms with Gasteiger partial charge in [-0.15, -0.1) is 0 Å². The average Bonchev–Trinajstić information content (AvgIpc) is 3.14. The van der Waals surface area contributed by atoms with Crippen LogP contribution in [0.15, 0.2) is 60.9 Å². The predicted octanol–water partition coefficient (Wildman–Crippen LogP) is 3.68. The maximum absolute atomic E-state index is 5.30. The third-order valence-electron chi connectivity index (χ3n) is 4.14. The molecule has 0 unspecified atom stereocenters. The Morgan fingerprint density at radius 2 is 2.00 bits per heavy atom. The Bertz CT molecular complexity index is 1010. The standard InChI is InChI=1S/C20H19N5O/c1-26-16-7-4-5-14(13-16)19-24-17-9-12-23-20(18(17)25-19)22-11-8-15-6-2-3-10-21-15/h2-7,9-10,12-13H,8,11H2,1H3,(H,22,23)(H,24,25). The average molecular weight is 345 g/mol. The third kappa shape index (κ3) is 3.35. The molecule has 0 atom stereocenters. The van der Waals surface area contributed by atoms with E-state index in [1.165, 1.54) is 0 Å². The van der Waals surface area contributed by atoms with Gasteiger partial charge in [0.15, 0.2) is 5.82 Å². The second-order valence-electron chi connectivity index (χ2n) is 5.87. The summed E-state index contributed by atoms with van der Waals surface area (Å²) in [5.74, 6) is 2.36. The van der Waals surface area contributed by atoms with Crippen LogP contribution < -0.4 is 10.1 Å². The predicted molar refractivity (Wildman–Crippen MR) is 102 cm³/mol. The molecule has 2 N–H and O–H groups in total. The van der Waals surface area contributed by atoms with Gasteiger partial charge in [-0.3, -0.25) is 4.98 Å². The zero-order valence-electron chi connectivity index (χ0n) is 14.4. The lowest BCUT2D eigenvalue weighted by Crippen LogP contribution is -2.07. The van der Waals surface area contributed by atoms with Crippen LogP contribution in [0.25, 0.3) is 22.4 Å². The molecule has 0 aliphatic rings. The first kappa shape index (κ1) is 16.1. The first-order chi connectivity index (χ1) is 12.8. The Balaban J connectivity index is 1.57. The van der Waals surface area contributed by atoms with Crippen LogP contribution in [-0.4, -0.2) is 33.6 Å². The fourth-order valence-electron chi connectivity index (χ4n) is 2.83. The largest absolute Gasteiger partial charge is 0.497 e. The van der Waals surface area contributed by atoms with E-state index in [9.17, 15) is 0 Å². The molecule has 0 radical (unpaired) electrons. The number of pyridine rings is 2. The highest BCUT2D eigenvalue weighted by Crippen LogP contribution is 2.26. The van der Waals surface area contributed by atoms with Crippen molar-refractivity contribution in [1.82, 2.24) is 19.9 Å². The molecule has 6 heteroatoms. The number of anilines is 1. The summed E-state index contributed by atoms with van der Waals surface area (Å²) < 4.78 is 5.30. The summed E-state index contributed by atoms with van der Waals surface area (Å²) in [5.41, 5.74) is 3.79. The van der Waals surface area contributed by atoms with E-state index in [1.807, 2.05) is 54.7 Å². The van der Waals surface area contributed by atoms with Crippen molar-refractivity contribution in [3.8, 4) is 17.1 Å². The summed E-state index contributed by atoms with van der Waals surface area (Å²) in [5, 5.41) is 3.37. The summed E-state index contributed by atoms with van der Waals surface area (Å²) in [6.45, 7) is 0.741. The number of aromatic amines is 1. The lowest BCUT2D eigenvalue weighted by molar-refractivity contribution is 0.415. The van der Waals surface area contributed by atoms with Crippen molar-refractivity contribution in [2.75, 3.05) is 19.0 Å². The van der Waals surface area contributed by atoms with Crippen molar-refractivity contribution in [2.24, 2.45) is 0 Å². The monoisotopic (exact) mass is 345 g/mol. The Labute approximate surface area is 151 Å². The van der Waals surface area contributed by atoms with Crippen LogP contribution in [0.3, 0.4) is 0 Å². The Morgan fingerprint density at radius 1 is 1.04 bits per heavy atom. The fourth-order valence-corrected chi connectivity index (χ4v) is 2.83. The summed E-state index contributed by atoms with van der Waals surface area (Å²) >= 11 is 0. The van der Waals surface area contributed by atoms with Crippen molar-refractivity contribution < 1.29 is 4.74 Å². The van der Waals surface area contributed by atoms with Gasteiger partial charge in [-0.05, 0) is 30.3 Å². The Morgan fingerprint density at radius 3 is 2.85 bits per heavy atom. The lowest BCUT2D eigenvalue weighted by atomic mass is 10.2. The number of hydrogen-bond donors (Lipinski definition) is 2. The molecule has 3 heterocycles. The van der Waals surface area contributed by atoms with Crippen LogP contribution in [0, 0.1) is 0 Å². The van der Waals surface area contributed by atoms with Crippen LogP contribution in [0.2, 0.25) is 0 Å². The molecule has 0 amide bonds. The van der Waals surface area contributed by atoms with Gasteiger partial charge in [-0.25, -0.2) is 9.97 Å². The molecule has 0 spiro atoms. The topological polar surface area (TPSA) is 75.7 Å². The van der Waals surface area contributed by atoms with E-state index in [2.05, 4.69) is 20.3 Å². The summed E-state index contributed by atoms with van der Waals surface area (Å²) in [6, 6.07) is 15.7. The zero-order valence-corrected chi connectivity index (χ0v) is 14.4. The number of benzene rings is 1. The maximum Gasteiger partial charge on any atom is 0.154 e. The molecule has 0 bridgehead atoms. The highest BCUT2D eigenvalue weighted by atomic mass is 16.5. The molecule has 0 saturated heterocycles. The van der Waals surface area contributed by atoms with Gasteiger partial charge in [0.05, 0.1) is 12.6 Å². The van der Waals surface area contributed by atoms with Crippen LogP contribution in [-0.2, 0) is 6.42 Å². The van der Waals surface area contributed by atoms with E-state index in [0.29, 0.717) is 0 Å². The second kappa shape index (κ2) is 7.23. The van der Waals surface area contributed by atoms with Crippen molar-refractivity contribution in [2.45, 2.75) is 6.42 Å². The number of aromatic nitrogens is 4. The van der Waals surface area contributed by atoms with Gasteiger partial charge in [0.1, 0.15) is 17.1 Å². The third-order valence-corrected chi connectivity index (χ3v) is 4.14. The van der Waals surface area contributed by atoms with Crippen LogP contribution in [0.1, 0.15) is 5.69 Å². The number of H-pyrrole nitrogens is 1. The quantitative estimate of drug-likeness (QED) is 0.557. The SMILES string of the molecule is COc1cccc(-c2nc3c(NCCc4ccccn4)nccc3[nH]2)c1. The minimum Gasteiger partial charge on any atom is -0.497 e. The number of imidazole rings is 1. The van der Waals surface area contributed by atoms with Crippen LogP contribution in [0.4, 0.5) is 5.82 Å². The van der Waals surface area contributed by atoms with Gasteiger partial charge in [-0.1, -0.05) is 18.2 Å². The fraction of sp³-hybridized carbons (Fsp3) is 0.150. The van der Waals surface area contributed by atoms with Gasteiger partial charge >= 0.3 is 0 Å². The number of fused-ring (bicyclic) bond motifs is 1. The highest BCUT2D eigenvalue weighted by molar-refractivity contribution is 5.88. The molecule has 4 aromatic rings. The molecule has 130 valence electrons. The van der Waals surface area contributed by atoms with Gasteiger partial charge in [0.25, 0.3) is 0 Å². The molecular formula is C20H19N5O. The molecule has 0 aliphatic heterocycles. The first-order valence-electron chi connectivity index (χ1n) is 8.46. The van der Waals surface area contributed by atoms with Gasteiger partial charge in [0, 0.05) is 36.6 Å². The molecular weight excluding hydrogens is 326 g/mol. The number of rotatable bonds is 6. The number of methoxy groups -OCH3 is 1. The van der Waals surface area contributed by atoms with Crippen molar-refractivity contribution in [1.29, 1.82) is 0 Å². The molecule has 1 aromatic carbocycles. The van der Waals surface area contributed by atoms with E-state index >= 15 is 0 Å². The molecule has 4 rings (SSSR count). The van der Waals surface area contributed by atoms with E-state index in [0.717, 1.165) is 52.6 Å². The van der Waals surface area contributed by atoms with E-state index in [4.69, 9.17) is 9.72 Å². The normalized spacial score (nSPS) is 10.8. The number of ether oxygens (including phenoxy) is 1. The number of nitrogens with one attached hydrogen (secondary N) is 2. The van der Waals surface area contributed by atoms with Crippen molar-refractivity contribution >= 4 is 16.9 Å². The summed E-state index contributed by atoms with van der Waals surface area (Å²) in [4.78, 5) is 16.9. The Hall–Kier alpha value is -3.41. The van der Waals surface area contributed by atoms with Gasteiger partial charge in [-0.2, -0.15) is 0 Å². The van der Waals surface area contributed by atoms with E-state index in [-0.39, 0.29) is 0 Å². The zero-order chi connectivity index (χ0) is 17.8. The molecule has 6 nitrogen and oxygen atoms in total. The maximum atomic E-state index is 5.30. The Kier molecular flexibility index (Phi) is 4.47. The highest BCUT2D eigenvalue weighted by Gasteiger charge is 2.10. The van der Waals surface area contributed by atoms with E-state index in [1.54, 1.807) is 13.3 Å². The lowest BCUT2D eigenvalue weighted by Gasteiger charge is -2.05. The molecule has 0 fully saturated rings. The second-order valence-corrected chi connectivity index (χ2v) is 5.87. The molecule has 3 aromatic heterocycles. The smallest absolute Gasteiger partial charge is 0.154 e. The molecule has 0 aliphatic carbocycles. The summed E-state index contributed by atoms with van der Waals surface area (Å²) in [7, 11) is 1.66. The molecule has 26 heavy (non-hydrogen) atoms. The van der Waals surface area contributed by atoms with Crippen molar-refractivity contribution in [3.05, 3.63) is 66.6 Å².